The Balaban J connectivity index is 0.00000180. The van der Waals surface area contributed by atoms with E-state index in [1.54, 1.807) is 0 Å². The van der Waals surface area contributed by atoms with E-state index in [2.05, 4.69) is 36.1 Å². The van der Waals surface area contributed by atoms with Crippen molar-refractivity contribution in [3.05, 3.63) is 0 Å². The topological polar surface area (TPSA) is 35.6 Å². The predicted molar refractivity (Wildman–Crippen MR) is 88.0 cm³/mol. The van der Waals surface area contributed by atoms with E-state index in [1.807, 2.05) is 0 Å². The number of piperidine rings is 1. The summed E-state index contributed by atoms with van der Waals surface area (Å²) in [7, 11) is 4.27. The fourth-order valence-electron chi connectivity index (χ4n) is 3.33. The van der Waals surface area contributed by atoms with Gasteiger partial charge in [-0.1, -0.05) is 6.92 Å². The van der Waals surface area contributed by atoms with Gasteiger partial charge in [-0.15, -0.1) is 24.8 Å². The number of nitrogens with one attached hydrogen (secondary N) is 1. The van der Waals surface area contributed by atoms with Crippen LogP contribution in [0.3, 0.4) is 0 Å². The van der Waals surface area contributed by atoms with Crippen LogP contribution >= 0.6 is 24.8 Å². The summed E-state index contributed by atoms with van der Waals surface area (Å²) >= 11 is 0. The Kier molecular flexibility index (Phi) is 8.41. The van der Waals surface area contributed by atoms with Gasteiger partial charge in [0.1, 0.15) is 0 Å². The smallest absolute Gasteiger partial charge is 0.242 e. The molecule has 0 aromatic rings. The molecule has 2 aliphatic heterocycles. The van der Waals surface area contributed by atoms with Crippen molar-refractivity contribution < 1.29 is 4.79 Å². The van der Waals surface area contributed by atoms with E-state index in [0.717, 1.165) is 51.7 Å². The molecule has 0 aliphatic carbocycles. The van der Waals surface area contributed by atoms with E-state index in [4.69, 9.17) is 0 Å². The van der Waals surface area contributed by atoms with E-state index in [9.17, 15) is 4.79 Å². The molecule has 0 spiro atoms. The van der Waals surface area contributed by atoms with Gasteiger partial charge < -0.3 is 15.1 Å². The number of hydrogen-bond donors (Lipinski definition) is 1. The van der Waals surface area contributed by atoms with E-state index in [1.165, 1.54) is 0 Å². The van der Waals surface area contributed by atoms with Crippen molar-refractivity contribution in [1.82, 2.24) is 15.1 Å². The highest BCUT2D eigenvalue weighted by Crippen LogP contribution is 2.27. The maximum Gasteiger partial charge on any atom is 0.242 e. The molecular weight excluding hydrogens is 297 g/mol. The zero-order valence-electron chi connectivity index (χ0n) is 12.9. The molecule has 120 valence electrons. The van der Waals surface area contributed by atoms with Gasteiger partial charge in [-0.2, -0.15) is 0 Å². The SMILES string of the molecule is CCC1(C(=O)N2CCC(N(C)C)CC2)CCCN1.Cl.Cl. The van der Waals surface area contributed by atoms with Crippen LogP contribution in [0, 0.1) is 0 Å². The van der Waals surface area contributed by atoms with E-state index in [-0.39, 0.29) is 30.4 Å². The second-order valence-electron chi connectivity index (χ2n) is 5.95. The van der Waals surface area contributed by atoms with E-state index < -0.39 is 0 Å². The van der Waals surface area contributed by atoms with Crippen molar-refractivity contribution in [2.75, 3.05) is 33.7 Å². The molecule has 2 aliphatic rings. The molecular formula is C14H29Cl2N3O. The third kappa shape index (κ3) is 4.00. The van der Waals surface area contributed by atoms with E-state index in [0.29, 0.717) is 11.9 Å². The molecule has 1 N–H and O–H groups in total. The standard InChI is InChI=1S/C14H27N3O.2ClH/c1-4-14(8-5-9-15-14)13(18)17-10-6-12(7-11-17)16(2)3;;/h12,15H,4-11H2,1-3H3;2*1H. The number of carbonyl (C=O) groups is 1. The number of rotatable bonds is 3. The van der Waals surface area contributed by atoms with Gasteiger partial charge in [-0.3, -0.25) is 4.79 Å². The highest BCUT2D eigenvalue weighted by atomic mass is 35.5. The molecule has 0 radical (unpaired) electrons. The maximum absolute atomic E-state index is 12.7. The summed E-state index contributed by atoms with van der Waals surface area (Å²) in [5.74, 6) is 0.347. The number of amides is 1. The lowest BCUT2D eigenvalue weighted by molar-refractivity contribution is -0.139. The Labute approximate surface area is 135 Å². The van der Waals surface area contributed by atoms with Crippen LogP contribution in [0.1, 0.15) is 39.0 Å². The number of carbonyl (C=O) groups excluding carboxylic acids is 1. The monoisotopic (exact) mass is 325 g/mol. The summed E-state index contributed by atoms with van der Waals surface area (Å²) < 4.78 is 0. The lowest BCUT2D eigenvalue weighted by atomic mass is 9.91. The van der Waals surface area contributed by atoms with Crippen molar-refractivity contribution in [2.24, 2.45) is 0 Å². The Morgan fingerprint density at radius 1 is 1.30 bits per heavy atom. The second-order valence-corrected chi connectivity index (χ2v) is 5.95. The zero-order chi connectivity index (χ0) is 13.2. The molecule has 4 nitrogen and oxygen atoms in total. The number of hydrogen-bond acceptors (Lipinski definition) is 3. The van der Waals surface area contributed by atoms with Gasteiger partial charge in [0.15, 0.2) is 0 Å². The molecule has 1 atom stereocenters. The number of halogens is 2. The maximum atomic E-state index is 12.7. The summed E-state index contributed by atoms with van der Waals surface area (Å²) in [5, 5.41) is 3.45. The molecule has 0 aromatic carbocycles. The zero-order valence-corrected chi connectivity index (χ0v) is 14.5. The van der Waals surface area contributed by atoms with Crippen LogP contribution in [0.25, 0.3) is 0 Å². The average molecular weight is 326 g/mol. The van der Waals surface area contributed by atoms with Gasteiger partial charge in [0.2, 0.25) is 5.91 Å². The largest absolute Gasteiger partial charge is 0.341 e. The second kappa shape index (κ2) is 8.42. The average Bonchev–Trinajstić information content (AvgIpc) is 2.88. The van der Waals surface area contributed by atoms with Crippen molar-refractivity contribution in [3.8, 4) is 0 Å². The summed E-state index contributed by atoms with van der Waals surface area (Å²) in [6.07, 6.45) is 5.28. The Bertz CT molecular complexity index is 299. The predicted octanol–water partition coefficient (Wildman–Crippen LogP) is 1.91. The van der Waals surface area contributed by atoms with Gasteiger partial charge in [0.05, 0.1) is 5.54 Å². The van der Waals surface area contributed by atoms with Gasteiger partial charge in [-0.25, -0.2) is 0 Å². The first-order valence-electron chi connectivity index (χ1n) is 7.30. The molecule has 1 amide bonds. The molecule has 2 rings (SSSR count). The molecule has 6 heteroatoms. The fourth-order valence-corrected chi connectivity index (χ4v) is 3.33. The first-order chi connectivity index (χ1) is 8.59. The van der Waals surface area contributed by atoms with Crippen LogP contribution in [0.2, 0.25) is 0 Å². The third-order valence-corrected chi connectivity index (χ3v) is 4.74. The van der Waals surface area contributed by atoms with Crippen LogP contribution in [0.5, 0.6) is 0 Å². The minimum Gasteiger partial charge on any atom is -0.341 e. The third-order valence-electron chi connectivity index (χ3n) is 4.74. The first-order valence-corrected chi connectivity index (χ1v) is 7.30. The lowest BCUT2D eigenvalue weighted by Crippen LogP contribution is -2.57. The fraction of sp³-hybridized carbons (Fsp3) is 0.929. The van der Waals surface area contributed by atoms with Gasteiger partial charge in [0, 0.05) is 19.1 Å². The van der Waals surface area contributed by atoms with Crippen molar-refractivity contribution in [3.63, 3.8) is 0 Å². The molecule has 2 saturated heterocycles. The molecule has 2 fully saturated rings. The molecule has 2 heterocycles. The van der Waals surface area contributed by atoms with Crippen molar-refractivity contribution in [2.45, 2.75) is 50.6 Å². The van der Waals surface area contributed by atoms with E-state index >= 15 is 0 Å². The highest BCUT2D eigenvalue weighted by molar-refractivity contribution is 5.87. The normalized spacial score (nSPS) is 27.1. The molecule has 1 unspecified atom stereocenters. The Morgan fingerprint density at radius 2 is 1.90 bits per heavy atom. The molecule has 0 aromatic heterocycles. The van der Waals surface area contributed by atoms with Gasteiger partial charge >= 0.3 is 0 Å². The van der Waals surface area contributed by atoms with Gasteiger partial charge in [-0.05, 0) is 52.7 Å². The first kappa shape index (κ1) is 20.0. The minimum atomic E-state index is -0.245. The Morgan fingerprint density at radius 3 is 2.30 bits per heavy atom. The molecule has 0 bridgehead atoms. The molecule has 20 heavy (non-hydrogen) atoms. The summed E-state index contributed by atoms with van der Waals surface area (Å²) in [6, 6.07) is 0.642. The van der Waals surface area contributed by atoms with Crippen LogP contribution in [0.15, 0.2) is 0 Å². The van der Waals surface area contributed by atoms with Crippen molar-refractivity contribution in [1.29, 1.82) is 0 Å². The minimum absolute atomic E-state index is 0. The number of likely N-dealkylation sites (tertiary alicyclic amines) is 1. The van der Waals surface area contributed by atoms with Gasteiger partial charge in [0.25, 0.3) is 0 Å². The van der Waals surface area contributed by atoms with Crippen LogP contribution < -0.4 is 5.32 Å². The van der Waals surface area contributed by atoms with Crippen LogP contribution in [-0.2, 0) is 4.79 Å². The Hall–Kier alpha value is -0.0300. The van der Waals surface area contributed by atoms with Crippen LogP contribution in [0.4, 0.5) is 0 Å². The summed E-state index contributed by atoms with van der Waals surface area (Å²) in [4.78, 5) is 17.0. The molecule has 0 saturated carbocycles. The van der Waals surface area contributed by atoms with Crippen molar-refractivity contribution >= 4 is 30.7 Å². The quantitative estimate of drug-likeness (QED) is 0.861. The van der Waals surface area contributed by atoms with Crippen LogP contribution in [-0.4, -0.2) is 61.0 Å². The summed E-state index contributed by atoms with van der Waals surface area (Å²) in [5.41, 5.74) is -0.245. The number of nitrogens with zero attached hydrogens (tertiary/aromatic N) is 2. The highest BCUT2D eigenvalue weighted by Gasteiger charge is 2.42. The summed E-state index contributed by atoms with van der Waals surface area (Å²) in [6.45, 7) is 4.97. The lowest BCUT2D eigenvalue weighted by Gasteiger charge is -2.39.